The fourth-order valence-corrected chi connectivity index (χ4v) is 0.869. The fraction of sp³-hybridized carbons (Fsp3) is 0.889. The van der Waals surface area contributed by atoms with Crippen LogP contribution < -0.4 is 11.1 Å². The number of carbonyl (C=O) groups excluding carboxylic acids is 1. The third kappa shape index (κ3) is 7.26. The molecule has 0 spiro atoms. The Morgan fingerprint density at radius 1 is 1.47 bits per heavy atom. The molecule has 6 nitrogen and oxygen atoms in total. The van der Waals surface area contributed by atoms with Gasteiger partial charge < -0.3 is 26.0 Å². The molecular formula is C9H20N2O4. The first-order valence-electron chi connectivity index (χ1n) is 4.82. The van der Waals surface area contributed by atoms with Crippen LogP contribution in [0.25, 0.3) is 0 Å². The maximum atomic E-state index is 10.3. The maximum absolute atomic E-state index is 10.3. The Hall–Kier alpha value is -0.690. The van der Waals surface area contributed by atoms with Crippen molar-refractivity contribution in [2.45, 2.75) is 6.92 Å². The smallest absolute Gasteiger partial charge is 0.243 e. The molecule has 0 aromatic carbocycles. The fourth-order valence-electron chi connectivity index (χ4n) is 0.869. The highest BCUT2D eigenvalue weighted by molar-refractivity contribution is 5.74. The van der Waals surface area contributed by atoms with Crippen LogP contribution >= 0.6 is 0 Å². The lowest BCUT2D eigenvalue weighted by Gasteiger charge is -2.24. The Morgan fingerprint density at radius 3 is 2.53 bits per heavy atom. The Morgan fingerprint density at radius 2 is 2.07 bits per heavy atom. The van der Waals surface area contributed by atoms with Crippen molar-refractivity contribution in [2.75, 3.05) is 39.5 Å². The van der Waals surface area contributed by atoms with Gasteiger partial charge in [0.2, 0.25) is 5.91 Å². The van der Waals surface area contributed by atoms with Gasteiger partial charge in [-0.1, -0.05) is 6.92 Å². The number of hydrogen-bond donors (Lipinski definition) is 4. The van der Waals surface area contributed by atoms with Crippen LogP contribution in [-0.2, 0) is 9.53 Å². The van der Waals surface area contributed by atoms with E-state index >= 15 is 0 Å². The van der Waals surface area contributed by atoms with Crippen molar-refractivity contribution in [3.05, 3.63) is 0 Å². The zero-order valence-electron chi connectivity index (χ0n) is 9.03. The second kappa shape index (κ2) is 7.58. The van der Waals surface area contributed by atoms with E-state index in [-0.39, 0.29) is 19.8 Å². The summed E-state index contributed by atoms with van der Waals surface area (Å²) < 4.78 is 4.92. The number of ether oxygens (including phenoxy) is 1. The molecule has 0 saturated carbocycles. The van der Waals surface area contributed by atoms with E-state index in [9.17, 15) is 4.79 Å². The molecule has 0 aliphatic heterocycles. The lowest BCUT2D eigenvalue weighted by Crippen LogP contribution is -2.39. The molecule has 0 atom stereocenters. The van der Waals surface area contributed by atoms with Crippen LogP contribution in [0.4, 0.5) is 0 Å². The van der Waals surface area contributed by atoms with Crippen LogP contribution in [0, 0.1) is 5.41 Å². The summed E-state index contributed by atoms with van der Waals surface area (Å²) >= 11 is 0. The summed E-state index contributed by atoms with van der Waals surface area (Å²) in [6.07, 6.45) is 0. The van der Waals surface area contributed by atoms with E-state index in [1.165, 1.54) is 0 Å². The lowest BCUT2D eigenvalue weighted by atomic mass is 9.93. The van der Waals surface area contributed by atoms with E-state index in [0.29, 0.717) is 19.7 Å². The van der Waals surface area contributed by atoms with Crippen molar-refractivity contribution in [2.24, 2.45) is 11.1 Å². The highest BCUT2D eigenvalue weighted by Crippen LogP contribution is 2.11. The standard InChI is InChI=1S/C9H20N2O4/c1-9(6-12,7-13)5-11-2-3-15-4-8(10)14/h11-13H,2-7H2,1H3,(H2,10,14). The summed E-state index contributed by atoms with van der Waals surface area (Å²) in [5, 5.41) is 20.9. The zero-order valence-corrected chi connectivity index (χ0v) is 9.03. The van der Waals surface area contributed by atoms with Gasteiger partial charge in [0.25, 0.3) is 0 Å². The van der Waals surface area contributed by atoms with E-state index in [1.807, 2.05) is 0 Å². The number of nitrogens with two attached hydrogens (primary N) is 1. The molecule has 0 radical (unpaired) electrons. The molecule has 0 saturated heterocycles. The third-order valence-electron chi connectivity index (χ3n) is 1.98. The van der Waals surface area contributed by atoms with Gasteiger partial charge in [-0.05, 0) is 0 Å². The highest BCUT2D eigenvalue weighted by atomic mass is 16.5. The number of aliphatic hydroxyl groups is 2. The maximum Gasteiger partial charge on any atom is 0.243 e. The van der Waals surface area contributed by atoms with Crippen LogP contribution in [-0.4, -0.2) is 55.6 Å². The quantitative estimate of drug-likeness (QED) is 0.339. The molecular weight excluding hydrogens is 200 g/mol. The van der Waals surface area contributed by atoms with Gasteiger partial charge in [0.15, 0.2) is 0 Å². The topological polar surface area (TPSA) is 105 Å². The Balaban J connectivity index is 3.41. The van der Waals surface area contributed by atoms with Crippen LogP contribution in [0.2, 0.25) is 0 Å². The zero-order chi connectivity index (χ0) is 11.7. The van der Waals surface area contributed by atoms with E-state index in [2.05, 4.69) is 5.32 Å². The molecule has 90 valence electrons. The Labute approximate surface area is 89.4 Å². The number of hydrogen-bond acceptors (Lipinski definition) is 5. The van der Waals surface area contributed by atoms with Gasteiger partial charge in [-0.3, -0.25) is 4.79 Å². The molecule has 0 bridgehead atoms. The second-order valence-corrected chi connectivity index (χ2v) is 3.82. The summed E-state index contributed by atoms with van der Waals surface area (Å²) in [6, 6.07) is 0. The Kier molecular flexibility index (Phi) is 7.23. The van der Waals surface area contributed by atoms with Gasteiger partial charge in [-0.25, -0.2) is 0 Å². The van der Waals surface area contributed by atoms with E-state index in [4.69, 9.17) is 20.7 Å². The van der Waals surface area contributed by atoms with Crippen LogP contribution in [0.3, 0.4) is 0 Å². The third-order valence-corrected chi connectivity index (χ3v) is 1.98. The van der Waals surface area contributed by atoms with Crippen molar-refractivity contribution in [3.63, 3.8) is 0 Å². The SMILES string of the molecule is CC(CO)(CO)CNCCOCC(N)=O. The molecule has 5 N–H and O–H groups in total. The van der Waals surface area contributed by atoms with Crippen LogP contribution in [0.1, 0.15) is 6.92 Å². The first kappa shape index (κ1) is 14.3. The normalized spacial score (nSPS) is 11.7. The predicted molar refractivity (Wildman–Crippen MR) is 55.2 cm³/mol. The van der Waals surface area contributed by atoms with Crippen molar-refractivity contribution in [1.29, 1.82) is 0 Å². The predicted octanol–water partition coefficient (Wildman–Crippen LogP) is -1.93. The minimum absolute atomic E-state index is 0.0844. The summed E-state index contributed by atoms with van der Waals surface area (Å²) in [6.45, 7) is 2.92. The molecule has 6 heteroatoms. The molecule has 0 aliphatic carbocycles. The van der Waals surface area contributed by atoms with Gasteiger partial charge in [0, 0.05) is 18.5 Å². The van der Waals surface area contributed by atoms with E-state index < -0.39 is 11.3 Å². The molecule has 15 heavy (non-hydrogen) atoms. The average Bonchev–Trinajstić information content (AvgIpc) is 2.22. The molecule has 1 amide bonds. The molecule has 0 aliphatic rings. The number of primary amides is 1. The lowest BCUT2D eigenvalue weighted by molar-refractivity contribution is -0.122. The average molecular weight is 220 g/mol. The number of nitrogens with one attached hydrogen (secondary N) is 1. The number of rotatable bonds is 9. The summed E-state index contributed by atoms with van der Waals surface area (Å²) in [7, 11) is 0. The minimum Gasteiger partial charge on any atom is -0.396 e. The van der Waals surface area contributed by atoms with E-state index in [1.54, 1.807) is 6.92 Å². The van der Waals surface area contributed by atoms with Gasteiger partial charge >= 0.3 is 0 Å². The second-order valence-electron chi connectivity index (χ2n) is 3.82. The number of amides is 1. The minimum atomic E-state index is -0.524. The summed E-state index contributed by atoms with van der Waals surface area (Å²) in [5.41, 5.74) is 4.34. The summed E-state index contributed by atoms with van der Waals surface area (Å²) in [5.74, 6) is -0.495. The Bertz CT molecular complexity index is 183. The van der Waals surface area contributed by atoms with Gasteiger partial charge in [0.05, 0.1) is 19.8 Å². The first-order valence-corrected chi connectivity index (χ1v) is 4.82. The van der Waals surface area contributed by atoms with Gasteiger partial charge in [-0.15, -0.1) is 0 Å². The molecule has 0 fully saturated rings. The van der Waals surface area contributed by atoms with Gasteiger partial charge in [-0.2, -0.15) is 0 Å². The summed E-state index contributed by atoms with van der Waals surface area (Å²) in [4.78, 5) is 10.3. The first-order chi connectivity index (χ1) is 7.04. The largest absolute Gasteiger partial charge is 0.396 e. The number of aliphatic hydroxyl groups excluding tert-OH is 2. The van der Waals surface area contributed by atoms with Crippen LogP contribution in [0.5, 0.6) is 0 Å². The molecule has 0 unspecified atom stereocenters. The highest BCUT2D eigenvalue weighted by Gasteiger charge is 2.21. The molecule has 0 heterocycles. The van der Waals surface area contributed by atoms with Crippen molar-refractivity contribution in [1.82, 2.24) is 5.32 Å². The van der Waals surface area contributed by atoms with Crippen molar-refractivity contribution >= 4 is 5.91 Å². The van der Waals surface area contributed by atoms with Crippen LogP contribution in [0.15, 0.2) is 0 Å². The molecule has 0 aromatic rings. The van der Waals surface area contributed by atoms with Crippen molar-refractivity contribution in [3.8, 4) is 0 Å². The number of carbonyl (C=O) groups is 1. The van der Waals surface area contributed by atoms with E-state index in [0.717, 1.165) is 0 Å². The van der Waals surface area contributed by atoms with Crippen molar-refractivity contribution < 1.29 is 19.7 Å². The molecule has 0 rings (SSSR count). The monoisotopic (exact) mass is 220 g/mol. The molecule has 0 aromatic heterocycles. The van der Waals surface area contributed by atoms with Gasteiger partial charge in [0.1, 0.15) is 6.61 Å².